The summed E-state index contributed by atoms with van der Waals surface area (Å²) in [4.78, 5) is 8.54. The third-order valence-corrected chi connectivity index (χ3v) is 4.91. The highest BCUT2D eigenvalue weighted by atomic mass is 19.1. The number of benzene rings is 1. The molecule has 0 aliphatic carbocycles. The molecule has 1 N–H and O–H groups in total. The van der Waals surface area contributed by atoms with Gasteiger partial charge in [0.25, 0.3) is 0 Å². The Morgan fingerprint density at radius 2 is 2.07 bits per heavy atom. The van der Waals surface area contributed by atoms with E-state index in [-0.39, 0.29) is 18.5 Å². The number of aliphatic hydroxyl groups excluding tert-OH is 1. The maximum Gasteiger partial charge on any atom is 0.233 e. The smallest absolute Gasteiger partial charge is 0.233 e. The first-order chi connectivity index (χ1) is 13.2. The van der Waals surface area contributed by atoms with Gasteiger partial charge in [-0.15, -0.1) is 0 Å². The summed E-state index contributed by atoms with van der Waals surface area (Å²) in [7, 11) is 1.50. The number of aromatic nitrogens is 1. The highest BCUT2D eigenvalue weighted by molar-refractivity contribution is 5.63. The maximum absolute atomic E-state index is 13.1. The van der Waals surface area contributed by atoms with Crippen LogP contribution in [0.4, 0.5) is 10.1 Å². The number of anilines is 1. The molecule has 27 heavy (non-hydrogen) atoms. The van der Waals surface area contributed by atoms with Gasteiger partial charge in [0.2, 0.25) is 5.88 Å². The summed E-state index contributed by atoms with van der Waals surface area (Å²) >= 11 is 0. The lowest BCUT2D eigenvalue weighted by Crippen LogP contribution is -2.53. The van der Waals surface area contributed by atoms with Crippen LogP contribution in [-0.2, 0) is 6.54 Å². The van der Waals surface area contributed by atoms with Gasteiger partial charge in [-0.2, -0.15) is 5.26 Å². The highest BCUT2D eigenvalue weighted by Crippen LogP contribution is 2.29. The van der Waals surface area contributed by atoms with E-state index in [1.807, 2.05) is 6.07 Å². The number of hydrogen-bond donors (Lipinski definition) is 1. The Bertz CT molecular complexity index is 807. The van der Waals surface area contributed by atoms with E-state index in [0.717, 1.165) is 24.3 Å². The van der Waals surface area contributed by atoms with E-state index in [0.29, 0.717) is 31.0 Å². The fourth-order valence-corrected chi connectivity index (χ4v) is 3.52. The lowest BCUT2D eigenvalue weighted by molar-refractivity contribution is 0.135. The number of halogens is 1. The van der Waals surface area contributed by atoms with Gasteiger partial charge in [0, 0.05) is 45.0 Å². The molecule has 1 aromatic carbocycles. The number of ether oxygens (including phenoxy) is 1. The Balaban J connectivity index is 1.78. The number of rotatable bonds is 6. The van der Waals surface area contributed by atoms with Crippen molar-refractivity contribution in [3.8, 4) is 11.9 Å². The molecular formula is C20H23FN4O2. The van der Waals surface area contributed by atoms with Crippen LogP contribution < -0.4 is 9.64 Å². The van der Waals surface area contributed by atoms with Crippen LogP contribution >= 0.6 is 0 Å². The van der Waals surface area contributed by atoms with Gasteiger partial charge in [-0.25, -0.2) is 9.37 Å². The van der Waals surface area contributed by atoms with Crippen LogP contribution in [0, 0.1) is 17.1 Å². The molecule has 1 saturated heterocycles. The molecule has 0 unspecified atom stereocenters. The van der Waals surface area contributed by atoms with Gasteiger partial charge < -0.3 is 14.7 Å². The van der Waals surface area contributed by atoms with Crippen LogP contribution in [0.25, 0.3) is 0 Å². The maximum atomic E-state index is 13.1. The molecule has 1 aliphatic heterocycles. The van der Waals surface area contributed by atoms with Crippen LogP contribution in [0.3, 0.4) is 0 Å². The van der Waals surface area contributed by atoms with Crippen LogP contribution in [0.5, 0.6) is 5.88 Å². The van der Waals surface area contributed by atoms with Gasteiger partial charge in [-0.1, -0.05) is 12.1 Å². The van der Waals surface area contributed by atoms with Crippen molar-refractivity contribution >= 4 is 5.69 Å². The lowest BCUT2D eigenvalue weighted by atomic mass is 10.1. The van der Waals surface area contributed by atoms with Gasteiger partial charge in [-0.3, -0.25) is 4.90 Å². The topological polar surface area (TPSA) is 72.6 Å². The summed E-state index contributed by atoms with van der Waals surface area (Å²) in [5, 5.41) is 19.0. The summed E-state index contributed by atoms with van der Waals surface area (Å²) < 4.78 is 18.4. The average Bonchev–Trinajstić information content (AvgIpc) is 2.70. The second-order valence-corrected chi connectivity index (χ2v) is 6.54. The summed E-state index contributed by atoms with van der Waals surface area (Å²) in [5.41, 5.74) is 2.26. The second-order valence-electron chi connectivity index (χ2n) is 6.54. The summed E-state index contributed by atoms with van der Waals surface area (Å²) in [5.74, 6) is 0.0774. The largest absolute Gasteiger partial charge is 0.480 e. The minimum Gasteiger partial charge on any atom is -0.480 e. The zero-order valence-corrected chi connectivity index (χ0v) is 15.3. The number of hydrogen-bond acceptors (Lipinski definition) is 6. The normalized spacial score (nSPS) is 17.6. The molecule has 0 radical (unpaired) electrons. The predicted octanol–water partition coefficient (Wildman–Crippen LogP) is 2.17. The van der Waals surface area contributed by atoms with Crippen LogP contribution in [0.1, 0.15) is 17.5 Å². The van der Waals surface area contributed by atoms with Crippen molar-refractivity contribution in [1.29, 1.82) is 5.26 Å². The zero-order chi connectivity index (χ0) is 19.2. The number of pyridine rings is 1. The molecule has 142 valence electrons. The predicted molar refractivity (Wildman–Crippen MR) is 100 cm³/mol. The molecule has 1 aromatic heterocycles. The molecule has 1 atom stereocenters. The first kappa shape index (κ1) is 19.1. The van der Waals surface area contributed by atoms with Crippen molar-refractivity contribution in [2.45, 2.75) is 19.0 Å². The molecular weight excluding hydrogens is 347 g/mol. The van der Waals surface area contributed by atoms with Gasteiger partial charge in [0.05, 0.1) is 12.8 Å². The zero-order valence-electron chi connectivity index (χ0n) is 15.3. The van der Waals surface area contributed by atoms with E-state index < -0.39 is 0 Å². The van der Waals surface area contributed by atoms with Crippen molar-refractivity contribution in [2.75, 3.05) is 38.3 Å². The molecule has 1 fully saturated rings. The van der Waals surface area contributed by atoms with Crippen LogP contribution in [-0.4, -0.2) is 54.4 Å². The molecule has 0 amide bonds. The minimum atomic E-state index is -0.244. The van der Waals surface area contributed by atoms with Gasteiger partial charge in [0.15, 0.2) is 0 Å². The van der Waals surface area contributed by atoms with E-state index in [1.165, 1.54) is 19.2 Å². The number of methoxy groups -OCH3 is 1. The first-order valence-electron chi connectivity index (χ1n) is 8.93. The molecule has 6 nitrogen and oxygen atoms in total. The molecule has 0 spiro atoms. The molecule has 7 heteroatoms. The number of aliphatic hydroxyl groups is 1. The quantitative estimate of drug-likeness (QED) is 0.840. The molecule has 0 saturated carbocycles. The van der Waals surface area contributed by atoms with Crippen molar-refractivity contribution in [3.05, 3.63) is 53.5 Å². The Hall–Kier alpha value is -2.69. The Labute approximate surface area is 158 Å². The van der Waals surface area contributed by atoms with Crippen molar-refractivity contribution in [1.82, 2.24) is 9.88 Å². The van der Waals surface area contributed by atoms with Crippen molar-refractivity contribution in [2.24, 2.45) is 0 Å². The Morgan fingerprint density at radius 1 is 1.30 bits per heavy atom. The van der Waals surface area contributed by atoms with Gasteiger partial charge >= 0.3 is 0 Å². The van der Waals surface area contributed by atoms with E-state index >= 15 is 0 Å². The molecule has 0 bridgehead atoms. The second kappa shape index (κ2) is 8.80. The molecule has 3 rings (SSSR count). The molecule has 1 aliphatic rings. The number of nitrogens with zero attached hydrogens (tertiary/aromatic N) is 4. The standard InChI is InChI=1S/C20H23FN4O2/c1-27-20-18(12-22)19(6-8-23-20)25-10-9-24(17(14-25)7-11-26)13-15-2-4-16(21)5-3-15/h2-6,8,17,26H,7,9-11,13-14H2,1H3/t17-/m0/s1. The third-order valence-electron chi connectivity index (χ3n) is 4.91. The van der Waals surface area contributed by atoms with Crippen molar-refractivity contribution < 1.29 is 14.2 Å². The summed E-state index contributed by atoms with van der Waals surface area (Å²) in [6.07, 6.45) is 2.27. The number of nitriles is 1. The van der Waals surface area contributed by atoms with Crippen molar-refractivity contribution in [3.63, 3.8) is 0 Å². The average molecular weight is 370 g/mol. The fraction of sp³-hybridized carbons (Fsp3) is 0.400. The van der Waals surface area contributed by atoms with E-state index in [9.17, 15) is 14.8 Å². The molecule has 2 heterocycles. The molecule has 2 aromatic rings. The van der Waals surface area contributed by atoms with Gasteiger partial charge in [-0.05, 0) is 30.2 Å². The van der Waals surface area contributed by atoms with Gasteiger partial charge in [0.1, 0.15) is 17.4 Å². The van der Waals surface area contributed by atoms with Crippen LogP contribution in [0.2, 0.25) is 0 Å². The van der Waals surface area contributed by atoms with E-state index in [4.69, 9.17) is 4.74 Å². The summed E-state index contributed by atoms with van der Waals surface area (Å²) in [6.45, 7) is 2.99. The Kier molecular flexibility index (Phi) is 6.22. The van der Waals surface area contributed by atoms with E-state index in [1.54, 1.807) is 18.3 Å². The monoisotopic (exact) mass is 370 g/mol. The lowest BCUT2D eigenvalue weighted by Gasteiger charge is -2.42. The fourth-order valence-electron chi connectivity index (χ4n) is 3.52. The minimum absolute atomic E-state index is 0.0865. The van der Waals surface area contributed by atoms with Crippen LogP contribution in [0.15, 0.2) is 36.5 Å². The number of piperazine rings is 1. The summed E-state index contributed by atoms with van der Waals surface area (Å²) in [6, 6.07) is 10.7. The van der Waals surface area contributed by atoms with E-state index in [2.05, 4.69) is 20.9 Å². The Morgan fingerprint density at radius 3 is 2.74 bits per heavy atom. The highest BCUT2D eigenvalue weighted by Gasteiger charge is 2.28. The first-order valence-corrected chi connectivity index (χ1v) is 8.93. The SMILES string of the molecule is COc1nccc(N2CCN(Cc3ccc(F)cc3)[C@@H](CCO)C2)c1C#N. The third kappa shape index (κ3) is 4.35.